The van der Waals surface area contributed by atoms with E-state index in [0.717, 1.165) is 17.9 Å². The standard InChI is InChI=1S/C19H23ClN2O3S.ClH/c1-2-25-18-9-5-3-7-16(18)15-21-11-13-22(14-12-21)26(23,24)19-10-6-4-8-17(19)20;/h3-10H,2,11-15H2,1H3;1H. The topological polar surface area (TPSA) is 49.9 Å². The second-order valence-electron chi connectivity index (χ2n) is 6.15. The van der Waals surface area contributed by atoms with Crippen molar-refractivity contribution in [2.45, 2.75) is 18.4 Å². The van der Waals surface area contributed by atoms with Crippen LogP contribution in [0.15, 0.2) is 53.4 Å². The summed E-state index contributed by atoms with van der Waals surface area (Å²) in [7, 11) is -3.56. The van der Waals surface area contributed by atoms with Gasteiger partial charge in [-0.15, -0.1) is 12.4 Å². The second-order valence-corrected chi connectivity index (χ2v) is 8.46. The number of para-hydroxylation sites is 1. The summed E-state index contributed by atoms with van der Waals surface area (Å²) in [5.41, 5.74) is 1.12. The van der Waals surface area contributed by atoms with Crippen LogP contribution >= 0.6 is 24.0 Å². The molecule has 148 valence electrons. The van der Waals surface area contributed by atoms with E-state index in [1.54, 1.807) is 24.3 Å². The van der Waals surface area contributed by atoms with Crippen molar-refractivity contribution in [3.63, 3.8) is 0 Å². The molecule has 0 N–H and O–H groups in total. The van der Waals surface area contributed by atoms with Crippen molar-refractivity contribution in [2.24, 2.45) is 0 Å². The zero-order chi connectivity index (χ0) is 18.6. The number of nitrogens with zero attached hydrogens (tertiary/aromatic N) is 2. The Bertz CT molecular complexity index is 854. The van der Waals surface area contributed by atoms with Crippen LogP contribution in [0.5, 0.6) is 5.75 Å². The van der Waals surface area contributed by atoms with E-state index in [0.29, 0.717) is 32.8 Å². The fourth-order valence-corrected chi connectivity index (χ4v) is 5.01. The largest absolute Gasteiger partial charge is 0.494 e. The third kappa shape index (κ3) is 5.15. The van der Waals surface area contributed by atoms with Crippen LogP contribution in [0.25, 0.3) is 0 Å². The van der Waals surface area contributed by atoms with Gasteiger partial charge in [-0.25, -0.2) is 8.42 Å². The highest BCUT2D eigenvalue weighted by atomic mass is 35.5. The van der Waals surface area contributed by atoms with E-state index in [1.165, 1.54) is 4.31 Å². The predicted molar refractivity (Wildman–Crippen MR) is 110 cm³/mol. The fourth-order valence-electron chi connectivity index (χ4n) is 3.09. The van der Waals surface area contributed by atoms with Gasteiger partial charge in [0.1, 0.15) is 10.6 Å². The molecule has 2 aromatic rings. The highest BCUT2D eigenvalue weighted by Crippen LogP contribution is 2.26. The number of piperazine rings is 1. The van der Waals surface area contributed by atoms with Crippen LogP contribution in [0.2, 0.25) is 5.02 Å². The molecule has 1 heterocycles. The van der Waals surface area contributed by atoms with Crippen LogP contribution < -0.4 is 4.74 Å². The van der Waals surface area contributed by atoms with E-state index in [1.807, 2.05) is 25.1 Å². The monoisotopic (exact) mass is 430 g/mol. The van der Waals surface area contributed by atoms with Gasteiger partial charge in [0.05, 0.1) is 11.6 Å². The highest BCUT2D eigenvalue weighted by molar-refractivity contribution is 7.89. The Morgan fingerprint density at radius 2 is 1.63 bits per heavy atom. The van der Waals surface area contributed by atoms with Crippen molar-refractivity contribution >= 4 is 34.0 Å². The molecule has 1 fully saturated rings. The molecule has 0 atom stereocenters. The first-order chi connectivity index (χ1) is 12.5. The smallest absolute Gasteiger partial charge is 0.244 e. The lowest BCUT2D eigenvalue weighted by atomic mass is 10.2. The number of hydrogen-bond acceptors (Lipinski definition) is 4. The quantitative estimate of drug-likeness (QED) is 0.701. The van der Waals surface area contributed by atoms with Gasteiger partial charge in [-0.3, -0.25) is 4.90 Å². The lowest BCUT2D eigenvalue weighted by Crippen LogP contribution is -2.48. The third-order valence-electron chi connectivity index (χ3n) is 4.45. The lowest BCUT2D eigenvalue weighted by molar-refractivity contribution is 0.179. The second kappa shape index (κ2) is 9.75. The number of ether oxygens (including phenoxy) is 1. The Balaban J connectivity index is 0.00000261. The van der Waals surface area contributed by atoms with Crippen molar-refractivity contribution in [1.82, 2.24) is 9.21 Å². The zero-order valence-electron chi connectivity index (χ0n) is 15.2. The van der Waals surface area contributed by atoms with E-state index in [2.05, 4.69) is 11.0 Å². The number of sulfonamides is 1. The van der Waals surface area contributed by atoms with Crippen LogP contribution in [0.1, 0.15) is 12.5 Å². The van der Waals surface area contributed by atoms with E-state index >= 15 is 0 Å². The van der Waals surface area contributed by atoms with Gasteiger partial charge in [0.2, 0.25) is 10.0 Å². The van der Waals surface area contributed by atoms with Crippen molar-refractivity contribution in [3.05, 3.63) is 59.1 Å². The van der Waals surface area contributed by atoms with Crippen LogP contribution in [0.3, 0.4) is 0 Å². The van der Waals surface area contributed by atoms with Gasteiger partial charge in [0.25, 0.3) is 0 Å². The summed E-state index contributed by atoms with van der Waals surface area (Å²) >= 11 is 6.08. The van der Waals surface area contributed by atoms with Crippen LogP contribution in [0.4, 0.5) is 0 Å². The molecule has 1 aliphatic rings. The van der Waals surface area contributed by atoms with E-state index in [4.69, 9.17) is 16.3 Å². The van der Waals surface area contributed by atoms with Crippen molar-refractivity contribution in [2.75, 3.05) is 32.8 Å². The van der Waals surface area contributed by atoms with Crippen molar-refractivity contribution < 1.29 is 13.2 Å². The maximum absolute atomic E-state index is 12.8. The first-order valence-corrected chi connectivity index (χ1v) is 10.5. The number of hydrogen-bond donors (Lipinski definition) is 0. The normalized spacial score (nSPS) is 15.9. The summed E-state index contributed by atoms with van der Waals surface area (Å²) in [6.07, 6.45) is 0. The molecule has 5 nitrogen and oxygen atoms in total. The summed E-state index contributed by atoms with van der Waals surface area (Å²) in [6.45, 7) is 5.58. The molecule has 2 aromatic carbocycles. The molecule has 0 bridgehead atoms. The summed E-state index contributed by atoms with van der Waals surface area (Å²) in [5.74, 6) is 0.890. The summed E-state index contributed by atoms with van der Waals surface area (Å²) in [5, 5.41) is 0.264. The van der Waals surface area contributed by atoms with Gasteiger partial charge in [-0.1, -0.05) is 41.9 Å². The molecular formula is C19H24Cl2N2O3S. The Morgan fingerprint density at radius 3 is 2.30 bits per heavy atom. The minimum absolute atomic E-state index is 0. The first kappa shape index (κ1) is 22.0. The van der Waals surface area contributed by atoms with Gasteiger partial charge in [0, 0.05) is 38.3 Å². The molecule has 3 rings (SSSR count). The van der Waals surface area contributed by atoms with Gasteiger partial charge in [-0.2, -0.15) is 4.31 Å². The average molecular weight is 431 g/mol. The molecule has 0 amide bonds. The minimum atomic E-state index is -3.56. The third-order valence-corrected chi connectivity index (χ3v) is 6.85. The summed E-state index contributed by atoms with van der Waals surface area (Å²) in [6, 6.07) is 14.6. The van der Waals surface area contributed by atoms with Crippen molar-refractivity contribution in [1.29, 1.82) is 0 Å². The molecular weight excluding hydrogens is 407 g/mol. The zero-order valence-corrected chi connectivity index (χ0v) is 17.6. The average Bonchev–Trinajstić information content (AvgIpc) is 2.64. The highest BCUT2D eigenvalue weighted by Gasteiger charge is 2.30. The van der Waals surface area contributed by atoms with Crippen LogP contribution in [0, 0.1) is 0 Å². The number of rotatable bonds is 6. The maximum atomic E-state index is 12.8. The van der Waals surface area contributed by atoms with Gasteiger partial charge in [-0.05, 0) is 25.1 Å². The SMILES string of the molecule is CCOc1ccccc1CN1CCN(S(=O)(=O)c2ccccc2Cl)CC1.Cl. The summed E-state index contributed by atoms with van der Waals surface area (Å²) in [4.78, 5) is 2.42. The lowest BCUT2D eigenvalue weighted by Gasteiger charge is -2.34. The number of halogens is 2. The minimum Gasteiger partial charge on any atom is -0.494 e. The van der Waals surface area contributed by atoms with E-state index in [-0.39, 0.29) is 22.3 Å². The van der Waals surface area contributed by atoms with Crippen LogP contribution in [-0.2, 0) is 16.6 Å². The van der Waals surface area contributed by atoms with Gasteiger partial charge < -0.3 is 4.74 Å². The Labute approximate surface area is 172 Å². The fraction of sp³-hybridized carbons (Fsp3) is 0.368. The molecule has 1 saturated heterocycles. The van der Waals surface area contributed by atoms with Crippen molar-refractivity contribution in [3.8, 4) is 5.75 Å². The molecule has 27 heavy (non-hydrogen) atoms. The molecule has 0 aliphatic carbocycles. The Kier molecular flexibility index (Phi) is 7.94. The van der Waals surface area contributed by atoms with Crippen LogP contribution in [-0.4, -0.2) is 50.4 Å². The maximum Gasteiger partial charge on any atom is 0.244 e. The molecule has 0 spiro atoms. The Morgan fingerprint density at radius 1 is 1.00 bits per heavy atom. The molecule has 0 radical (unpaired) electrons. The van der Waals surface area contributed by atoms with E-state index < -0.39 is 10.0 Å². The van der Waals surface area contributed by atoms with Gasteiger partial charge in [0.15, 0.2) is 0 Å². The molecule has 1 aliphatic heterocycles. The molecule has 0 aromatic heterocycles. The first-order valence-electron chi connectivity index (χ1n) is 8.70. The molecule has 0 saturated carbocycles. The van der Waals surface area contributed by atoms with E-state index in [9.17, 15) is 8.42 Å². The predicted octanol–water partition coefficient (Wildman–Crippen LogP) is 3.67. The molecule has 0 unspecified atom stereocenters. The number of benzene rings is 2. The summed E-state index contributed by atoms with van der Waals surface area (Å²) < 4.78 is 32.8. The van der Waals surface area contributed by atoms with Gasteiger partial charge >= 0.3 is 0 Å². The Hall–Kier alpha value is -1.31. The molecule has 8 heteroatoms.